The van der Waals surface area contributed by atoms with E-state index in [0.717, 1.165) is 17.0 Å². The lowest BCUT2D eigenvalue weighted by atomic mass is 10.2. The van der Waals surface area contributed by atoms with Crippen LogP contribution in [0.5, 0.6) is 0 Å². The largest absolute Gasteiger partial charge is 0.307 e. The summed E-state index contributed by atoms with van der Waals surface area (Å²) in [6.45, 7) is 3.21. The molecule has 0 saturated carbocycles. The minimum absolute atomic E-state index is 0.575. The van der Waals surface area contributed by atoms with Crippen molar-refractivity contribution in [2.45, 2.75) is 20.0 Å². The Kier molecular flexibility index (Phi) is 4.53. The maximum absolute atomic E-state index is 6.10. The SMILES string of the molecule is Cc1cnc(CNCc2cccc(Cl)c2Cl)cn1. The van der Waals surface area contributed by atoms with Gasteiger partial charge in [0.15, 0.2) is 0 Å². The summed E-state index contributed by atoms with van der Waals surface area (Å²) in [7, 11) is 0. The Morgan fingerprint density at radius 1 is 1.11 bits per heavy atom. The molecule has 18 heavy (non-hydrogen) atoms. The third kappa shape index (κ3) is 3.42. The fourth-order valence-electron chi connectivity index (χ4n) is 1.52. The van der Waals surface area contributed by atoms with E-state index in [1.165, 1.54) is 0 Å². The van der Waals surface area contributed by atoms with Crippen LogP contribution in [0.25, 0.3) is 0 Å². The number of hydrogen-bond donors (Lipinski definition) is 1. The van der Waals surface area contributed by atoms with E-state index in [-0.39, 0.29) is 0 Å². The Morgan fingerprint density at radius 3 is 2.67 bits per heavy atom. The van der Waals surface area contributed by atoms with Crippen molar-refractivity contribution in [2.24, 2.45) is 0 Å². The second-order valence-electron chi connectivity index (χ2n) is 3.97. The normalized spacial score (nSPS) is 10.6. The average Bonchev–Trinajstić information content (AvgIpc) is 2.37. The highest BCUT2D eigenvalue weighted by Gasteiger charge is 2.03. The molecule has 0 spiro atoms. The monoisotopic (exact) mass is 281 g/mol. The van der Waals surface area contributed by atoms with Crippen LogP contribution in [-0.2, 0) is 13.1 Å². The lowest BCUT2D eigenvalue weighted by molar-refractivity contribution is 0.676. The van der Waals surface area contributed by atoms with Crippen molar-refractivity contribution in [3.63, 3.8) is 0 Å². The van der Waals surface area contributed by atoms with Gasteiger partial charge in [0, 0.05) is 25.5 Å². The van der Waals surface area contributed by atoms with E-state index >= 15 is 0 Å². The second-order valence-corrected chi connectivity index (χ2v) is 4.75. The van der Waals surface area contributed by atoms with Crippen molar-refractivity contribution in [1.82, 2.24) is 15.3 Å². The fourth-order valence-corrected chi connectivity index (χ4v) is 1.91. The first-order chi connectivity index (χ1) is 8.66. The van der Waals surface area contributed by atoms with Crippen molar-refractivity contribution in [3.8, 4) is 0 Å². The Bertz CT molecular complexity index is 526. The third-order valence-corrected chi connectivity index (χ3v) is 3.35. The molecule has 5 heteroatoms. The van der Waals surface area contributed by atoms with Crippen LogP contribution in [0, 0.1) is 6.92 Å². The van der Waals surface area contributed by atoms with Gasteiger partial charge in [-0.25, -0.2) is 0 Å². The minimum Gasteiger partial charge on any atom is -0.307 e. The fraction of sp³-hybridized carbons (Fsp3) is 0.231. The van der Waals surface area contributed by atoms with Crippen molar-refractivity contribution in [2.75, 3.05) is 0 Å². The number of aromatic nitrogens is 2. The van der Waals surface area contributed by atoms with E-state index in [1.807, 2.05) is 19.1 Å². The number of nitrogens with one attached hydrogen (secondary N) is 1. The van der Waals surface area contributed by atoms with Crippen LogP contribution in [0.2, 0.25) is 10.0 Å². The van der Waals surface area contributed by atoms with Gasteiger partial charge >= 0.3 is 0 Å². The van der Waals surface area contributed by atoms with Gasteiger partial charge in [0.1, 0.15) is 0 Å². The predicted molar refractivity (Wildman–Crippen MR) is 73.8 cm³/mol. The van der Waals surface area contributed by atoms with Gasteiger partial charge in [-0.2, -0.15) is 0 Å². The van der Waals surface area contributed by atoms with E-state index in [0.29, 0.717) is 23.1 Å². The van der Waals surface area contributed by atoms with Crippen molar-refractivity contribution < 1.29 is 0 Å². The zero-order chi connectivity index (χ0) is 13.0. The van der Waals surface area contributed by atoms with E-state index in [9.17, 15) is 0 Å². The summed E-state index contributed by atoms with van der Waals surface area (Å²) in [6.07, 6.45) is 3.52. The van der Waals surface area contributed by atoms with Gasteiger partial charge < -0.3 is 5.32 Å². The topological polar surface area (TPSA) is 37.8 Å². The van der Waals surface area contributed by atoms with Crippen LogP contribution in [0.4, 0.5) is 0 Å². The van der Waals surface area contributed by atoms with Crippen LogP contribution in [0.1, 0.15) is 17.0 Å². The molecule has 0 radical (unpaired) electrons. The number of nitrogens with zero attached hydrogens (tertiary/aromatic N) is 2. The molecule has 94 valence electrons. The van der Waals surface area contributed by atoms with E-state index < -0.39 is 0 Å². The number of hydrogen-bond acceptors (Lipinski definition) is 3. The summed E-state index contributed by atoms with van der Waals surface area (Å²) in [5.41, 5.74) is 2.79. The molecule has 1 aromatic heterocycles. The van der Waals surface area contributed by atoms with Crippen LogP contribution in [-0.4, -0.2) is 9.97 Å². The summed E-state index contributed by atoms with van der Waals surface area (Å²) in [5.74, 6) is 0. The second kappa shape index (κ2) is 6.14. The Hall–Kier alpha value is -1.16. The van der Waals surface area contributed by atoms with Crippen LogP contribution in [0.15, 0.2) is 30.6 Å². The van der Waals surface area contributed by atoms with Gasteiger partial charge in [-0.05, 0) is 18.6 Å². The molecule has 0 bridgehead atoms. The van der Waals surface area contributed by atoms with Gasteiger partial charge in [0.2, 0.25) is 0 Å². The van der Waals surface area contributed by atoms with Crippen molar-refractivity contribution in [1.29, 1.82) is 0 Å². The molecule has 3 nitrogen and oxygen atoms in total. The van der Waals surface area contributed by atoms with E-state index in [4.69, 9.17) is 23.2 Å². The number of halogens is 2. The van der Waals surface area contributed by atoms with E-state index in [2.05, 4.69) is 15.3 Å². The van der Waals surface area contributed by atoms with Crippen LogP contribution < -0.4 is 5.32 Å². The molecule has 0 aliphatic rings. The summed E-state index contributed by atoms with van der Waals surface area (Å²) < 4.78 is 0. The molecule has 2 rings (SSSR count). The van der Waals surface area contributed by atoms with Crippen molar-refractivity contribution in [3.05, 3.63) is 57.6 Å². The molecule has 0 aliphatic heterocycles. The molecule has 2 aromatic rings. The molecule has 1 aromatic carbocycles. The first kappa shape index (κ1) is 13.3. The lowest BCUT2D eigenvalue weighted by Gasteiger charge is -2.07. The lowest BCUT2D eigenvalue weighted by Crippen LogP contribution is -2.14. The Labute approximate surface area is 116 Å². The highest BCUT2D eigenvalue weighted by molar-refractivity contribution is 6.42. The molecule has 1 N–H and O–H groups in total. The van der Waals surface area contributed by atoms with Gasteiger partial charge in [-0.3, -0.25) is 9.97 Å². The average molecular weight is 282 g/mol. The molecule has 0 aliphatic carbocycles. The molecule has 0 saturated heterocycles. The first-order valence-electron chi connectivity index (χ1n) is 5.58. The van der Waals surface area contributed by atoms with Crippen molar-refractivity contribution >= 4 is 23.2 Å². The maximum atomic E-state index is 6.10. The summed E-state index contributed by atoms with van der Waals surface area (Å²) in [4.78, 5) is 8.45. The first-order valence-corrected chi connectivity index (χ1v) is 6.33. The third-order valence-electron chi connectivity index (χ3n) is 2.49. The molecule has 1 heterocycles. The van der Waals surface area contributed by atoms with E-state index in [1.54, 1.807) is 18.5 Å². The minimum atomic E-state index is 0.575. The molecular weight excluding hydrogens is 269 g/mol. The Balaban J connectivity index is 1.92. The molecular formula is C13H13Cl2N3. The number of rotatable bonds is 4. The standard InChI is InChI=1S/C13H13Cl2N3/c1-9-5-18-11(8-17-9)7-16-6-10-3-2-4-12(14)13(10)15/h2-5,8,16H,6-7H2,1H3. The molecule has 0 atom stereocenters. The Morgan fingerprint density at radius 2 is 1.94 bits per heavy atom. The van der Waals surface area contributed by atoms with Gasteiger partial charge in [0.05, 0.1) is 21.4 Å². The van der Waals surface area contributed by atoms with Gasteiger partial charge in [0.25, 0.3) is 0 Å². The number of benzene rings is 1. The molecule has 0 fully saturated rings. The highest BCUT2D eigenvalue weighted by atomic mass is 35.5. The van der Waals surface area contributed by atoms with Crippen LogP contribution in [0.3, 0.4) is 0 Å². The zero-order valence-corrected chi connectivity index (χ0v) is 11.5. The zero-order valence-electron chi connectivity index (χ0n) is 9.95. The molecule has 0 unspecified atom stereocenters. The summed E-state index contributed by atoms with van der Waals surface area (Å²) >= 11 is 12.0. The van der Waals surface area contributed by atoms with Gasteiger partial charge in [-0.15, -0.1) is 0 Å². The quantitative estimate of drug-likeness (QED) is 0.934. The molecule has 0 amide bonds. The number of aryl methyl sites for hydroxylation is 1. The van der Waals surface area contributed by atoms with Crippen LogP contribution >= 0.6 is 23.2 Å². The summed E-state index contributed by atoms with van der Waals surface area (Å²) in [5, 5.41) is 4.43. The summed E-state index contributed by atoms with van der Waals surface area (Å²) in [6, 6.07) is 5.61. The maximum Gasteiger partial charge on any atom is 0.0724 e. The highest BCUT2D eigenvalue weighted by Crippen LogP contribution is 2.25. The van der Waals surface area contributed by atoms with Gasteiger partial charge in [-0.1, -0.05) is 35.3 Å². The predicted octanol–water partition coefficient (Wildman–Crippen LogP) is 3.38. The smallest absolute Gasteiger partial charge is 0.0724 e.